The van der Waals surface area contributed by atoms with E-state index in [9.17, 15) is 0 Å². The standard InChI is InChI=1S/C14H11Cl3N2/c15-10-3-1-2-9(7-10)12-13(16)18-11(19-14(12)17)6-8-4-5-8/h1-3,7-8H,4-6H2. The minimum atomic E-state index is 0.387. The molecule has 1 aromatic heterocycles. The average Bonchev–Trinajstić information content (AvgIpc) is 3.12. The van der Waals surface area contributed by atoms with Crippen LogP contribution in [0.4, 0.5) is 0 Å². The predicted molar refractivity (Wildman–Crippen MR) is 78.9 cm³/mol. The molecular weight excluding hydrogens is 303 g/mol. The zero-order chi connectivity index (χ0) is 13.4. The molecule has 0 radical (unpaired) electrons. The largest absolute Gasteiger partial charge is 0.220 e. The van der Waals surface area contributed by atoms with Crippen LogP contribution in [0.25, 0.3) is 11.1 Å². The number of halogens is 3. The van der Waals surface area contributed by atoms with Crippen LogP contribution >= 0.6 is 34.8 Å². The summed E-state index contributed by atoms with van der Waals surface area (Å²) < 4.78 is 0. The molecule has 0 N–H and O–H groups in total. The fraction of sp³-hybridized carbons (Fsp3) is 0.286. The molecule has 98 valence electrons. The summed E-state index contributed by atoms with van der Waals surface area (Å²) in [6, 6.07) is 7.35. The predicted octanol–water partition coefficient (Wildman–Crippen LogP) is 5.06. The third kappa shape index (κ3) is 3.02. The molecule has 1 aliphatic rings. The van der Waals surface area contributed by atoms with Gasteiger partial charge in [0.1, 0.15) is 16.1 Å². The first-order valence-electron chi connectivity index (χ1n) is 6.11. The highest BCUT2D eigenvalue weighted by Crippen LogP contribution is 2.36. The summed E-state index contributed by atoms with van der Waals surface area (Å²) in [4.78, 5) is 8.69. The number of hydrogen-bond acceptors (Lipinski definition) is 2. The fourth-order valence-electron chi connectivity index (χ4n) is 2.00. The molecule has 3 rings (SSSR count). The molecule has 1 aromatic carbocycles. The van der Waals surface area contributed by atoms with Crippen molar-refractivity contribution in [3.8, 4) is 11.1 Å². The number of hydrogen-bond donors (Lipinski definition) is 0. The number of rotatable bonds is 3. The molecule has 0 amide bonds. The lowest BCUT2D eigenvalue weighted by Gasteiger charge is -2.08. The summed E-state index contributed by atoms with van der Waals surface area (Å²) in [5.41, 5.74) is 1.48. The molecule has 19 heavy (non-hydrogen) atoms. The van der Waals surface area contributed by atoms with Gasteiger partial charge in [0, 0.05) is 11.4 Å². The van der Waals surface area contributed by atoms with Crippen molar-refractivity contribution in [3.05, 3.63) is 45.4 Å². The van der Waals surface area contributed by atoms with Crippen molar-refractivity contribution in [2.24, 2.45) is 5.92 Å². The monoisotopic (exact) mass is 312 g/mol. The second kappa shape index (κ2) is 5.28. The van der Waals surface area contributed by atoms with Crippen molar-refractivity contribution in [2.45, 2.75) is 19.3 Å². The van der Waals surface area contributed by atoms with E-state index in [1.54, 1.807) is 12.1 Å². The van der Waals surface area contributed by atoms with Gasteiger partial charge in [0.25, 0.3) is 0 Å². The van der Waals surface area contributed by atoms with E-state index in [2.05, 4.69) is 9.97 Å². The van der Waals surface area contributed by atoms with Gasteiger partial charge in [-0.1, -0.05) is 46.9 Å². The molecule has 0 bridgehead atoms. The van der Waals surface area contributed by atoms with Gasteiger partial charge in [-0.25, -0.2) is 9.97 Å². The van der Waals surface area contributed by atoms with Crippen molar-refractivity contribution in [1.82, 2.24) is 9.97 Å². The Morgan fingerprint density at radius 2 is 1.74 bits per heavy atom. The Kier molecular flexibility index (Phi) is 3.66. The molecule has 0 unspecified atom stereocenters. The highest BCUT2D eigenvalue weighted by molar-refractivity contribution is 6.38. The maximum atomic E-state index is 6.25. The summed E-state index contributed by atoms with van der Waals surface area (Å²) in [5, 5.41) is 1.41. The topological polar surface area (TPSA) is 25.8 Å². The third-order valence-electron chi connectivity index (χ3n) is 3.15. The highest BCUT2D eigenvalue weighted by Gasteiger charge is 2.24. The minimum Gasteiger partial charge on any atom is -0.220 e. The molecule has 5 heteroatoms. The van der Waals surface area contributed by atoms with Crippen LogP contribution in [-0.2, 0) is 6.42 Å². The van der Waals surface area contributed by atoms with Crippen LogP contribution in [-0.4, -0.2) is 9.97 Å². The van der Waals surface area contributed by atoms with E-state index >= 15 is 0 Å². The highest BCUT2D eigenvalue weighted by atomic mass is 35.5. The zero-order valence-electron chi connectivity index (χ0n) is 10.0. The summed E-state index contributed by atoms with van der Waals surface area (Å²) in [5.74, 6) is 1.42. The van der Waals surface area contributed by atoms with Gasteiger partial charge in [-0.15, -0.1) is 0 Å². The molecular formula is C14H11Cl3N2. The first-order chi connectivity index (χ1) is 9.13. The molecule has 1 fully saturated rings. The van der Waals surface area contributed by atoms with Crippen LogP contribution < -0.4 is 0 Å². The van der Waals surface area contributed by atoms with Crippen LogP contribution in [0.2, 0.25) is 15.3 Å². The van der Waals surface area contributed by atoms with Crippen molar-refractivity contribution in [3.63, 3.8) is 0 Å². The van der Waals surface area contributed by atoms with Crippen LogP contribution in [0.1, 0.15) is 18.7 Å². The van der Waals surface area contributed by atoms with Gasteiger partial charge < -0.3 is 0 Å². The maximum absolute atomic E-state index is 6.25. The third-order valence-corrected chi connectivity index (χ3v) is 3.93. The molecule has 0 atom stereocenters. The van der Waals surface area contributed by atoms with Crippen LogP contribution in [0, 0.1) is 5.92 Å². The van der Waals surface area contributed by atoms with Crippen molar-refractivity contribution >= 4 is 34.8 Å². The van der Waals surface area contributed by atoms with Gasteiger partial charge in [-0.2, -0.15) is 0 Å². The second-order valence-corrected chi connectivity index (χ2v) is 5.91. The van der Waals surface area contributed by atoms with E-state index in [-0.39, 0.29) is 0 Å². The molecule has 2 aromatic rings. The SMILES string of the molecule is Clc1cccc(-c2c(Cl)nc(CC3CC3)nc2Cl)c1. The summed E-state index contributed by atoms with van der Waals surface area (Å²) >= 11 is 18.5. The van der Waals surface area contributed by atoms with Gasteiger partial charge in [-0.05, 0) is 36.5 Å². The second-order valence-electron chi connectivity index (χ2n) is 4.75. The van der Waals surface area contributed by atoms with Crippen molar-refractivity contribution in [2.75, 3.05) is 0 Å². The van der Waals surface area contributed by atoms with Gasteiger partial charge in [0.15, 0.2) is 0 Å². The fourth-order valence-corrected chi connectivity index (χ4v) is 2.83. The molecule has 1 aliphatic carbocycles. The van der Waals surface area contributed by atoms with E-state index in [1.165, 1.54) is 12.8 Å². The molecule has 1 heterocycles. The zero-order valence-corrected chi connectivity index (χ0v) is 12.3. The van der Waals surface area contributed by atoms with E-state index in [0.29, 0.717) is 26.8 Å². The van der Waals surface area contributed by atoms with Crippen LogP contribution in [0.5, 0.6) is 0 Å². The van der Waals surface area contributed by atoms with Gasteiger partial charge >= 0.3 is 0 Å². The lowest BCUT2D eigenvalue weighted by molar-refractivity contribution is 0.770. The van der Waals surface area contributed by atoms with Gasteiger partial charge in [0.2, 0.25) is 0 Å². The Hall–Kier alpha value is -0.830. The molecule has 2 nitrogen and oxygen atoms in total. The minimum absolute atomic E-state index is 0.387. The Balaban J connectivity index is 2.01. The molecule has 0 aliphatic heterocycles. The van der Waals surface area contributed by atoms with Crippen LogP contribution in [0.3, 0.4) is 0 Å². The normalized spacial score (nSPS) is 14.7. The average molecular weight is 314 g/mol. The first-order valence-corrected chi connectivity index (χ1v) is 7.24. The Morgan fingerprint density at radius 1 is 1.05 bits per heavy atom. The lowest BCUT2D eigenvalue weighted by Crippen LogP contribution is -1.99. The van der Waals surface area contributed by atoms with Gasteiger partial charge in [0.05, 0.1) is 5.56 Å². The molecule has 0 saturated heterocycles. The van der Waals surface area contributed by atoms with E-state index in [4.69, 9.17) is 34.8 Å². The number of nitrogens with zero attached hydrogens (tertiary/aromatic N) is 2. The van der Waals surface area contributed by atoms with Crippen LogP contribution in [0.15, 0.2) is 24.3 Å². The Labute approximate surface area is 126 Å². The Morgan fingerprint density at radius 3 is 2.32 bits per heavy atom. The lowest BCUT2D eigenvalue weighted by atomic mass is 10.1. The number of aromatic nitrogens is 2. The summed E-state index contributed by atoms with van der Waals surface area (Å²) in [6.07, 6.45) is 3.35. The number of benzene rings is 1. The quantitative estimate of drug-likeness (QED) is 0.740. The maximum Gasteiger partial charge on any atom is 0.142 e. The van der Waals surface area contributed by atoms with E-state index in [1.807, 2.05) is 12.1 Å². The summed E-state index contributed by atoms with van der Waals surface area (Å²) in [6.45, 7) is 0. The first kappa shape index (κ1) is 13.2. The van der Waals surface area contributed by atoms with E-state index < -0.39 is 0 Å². The molecule has 0 spiro atoms. The molecule has 1 saturated carbocycles. The van der Waals surface area contributed by atoms with E-state index in [0.717, 1.165) is 17.8 Å². The Bertz CT molecular complexity index is 601. The smallest absolute Gasteiger partial charge is 0.142 e. The summed E-state index contributed by atoms with van der Waals surface area (Å²) in [7, 11) is 0. The van der Waals surface area contributed by atoms with Crippen molar-refractivity contribution in [1.29, 1.82) is 0 Å². The van der Waals surface area contributed by atoms with Gasteiger partial charge in [-0.3, -0.25) is 0 Å². The van der Waals surface area contributed by atoms with Crippen molar-refractivity contribution < 1.29 is 0 Å².